The molecule has 0 bridgehead atoms. The molecule has 37 heavy (non-hydrogen) atoms. The third-order valence-electron chi connectivity index (χ3n) is 7.37. The monoisotopic (exact) mass is 512 g/mol. The number of hydrogen-bond acceptors (Lipinski definition) is 7. The number of benzene rings is 1. The van der Waals surface area contributed by atoms with Crippen molar-refractivity contribution < 1.29 is 34.1 Å². The van der Waals surface area contributed by atoms with Crippen LogP contribution in [0.4, 0.5) is 0 Å². The molecule has 0 saturated heterocycles. The molecule has 2 aliphatic carbocycles. The third-order valence-corrected chi connectivity index (χ3v) is 7.37. The molecule has 4 rings (SSSR count). The lowest BCUT2D eigenvalue weighted by Crippen LogP contribution is -2.58. The number of fused-ring (bicyclic) bond motifs is 3. The average molecular weight is 513 g/mol. The van der Waals surface area contributed by atoms with E-state index in [1.54, 1.807) is 29.2 Å². The van der Waals surface area contributed by atoms with Crippen LogP contribution in [0, 0.1) is 0 Å². The first-order valence-electron chi connectivity index (χ1n) is 12.9. The van der Waals surface area contributed by atoms with Crippen LogP contribution < -0.4 is 14.8 Å². The molecule has 0 radical (unpaired) electrons. The molecule has 3 N–H and O–H groups in total. The first kappa shape index (κ1) is 26.9. The van der Waals surface area contributed by atoms with Gasteiger partial charge in [0.1, 0.15) is 18.5 Å². The van der Waals surface area contributed by atoms with E-state index in [1.165, 1.54) is 7.11 Å². The molecule has 0 spiro atoms. The molecule has 1 aromatic rings. The van der Waals surface area contributed by atoms with E-state index in [4.69, 9.17) is 9.47 Å². The van der Waals surface area contributed by atoms with Crippen molar-refractivity contribution in [2.75, 3.05) is 20.3 Å². The number of amides is 2. The minimum Gasteiger partial charge on any atom is -0.493 e. The van der Waals surface area contributed by atoms with E-state index >= 15 is 0 Å². The van der Waals surface area contributed by atoms with Crippen LogP contribution in [-0.4, -0.2) is 77.8 Å². The maximum absolute atomic E-state index is 13.5. The van der Waals surface area contributed by atoms with E-state index in [0.29, 0.717) is 34.5 Å². The highest BCUT2D eigenvalue weighted by Gasteiger charge is 2.52. The second-order valence-electron chi connectivity index (χ2n) is 10.2. The number of aliphatic hydroxyl groups excluding tert-OH is 2. The van der Waals surface area contributed by atoms with Crippen molar-refractivity contribution >= 4 is 18.1 Å². The van der Waals surface area contributed by atoms with Crippen LogP contribution in [0.25, 0.3) is 0 Å². The van der Waals surface area contributed by atoms with Crippen LogP contribution in [0.5, 0.6) is 11.5 Å². The summed E-state index contributed by atoms with van der Waals surface area (Å²) in [6.07, 6.45) is 6.62. The lowest BCUT2D eigenvalue weighted by molar-refractivity contribution is -0.136. The SMILES string of the molecule is COc1cc(C=O)cc2c1OC1C2C(C(=O)NCCO)=CC(N(C(=O)C=C(C)C)C2CCCCC2)C1O. The number of ether oxygens (including phenoxy) is 2. The molecule has 0 aromatic heterocycles. The molecule has 1 aliphatic heterocycles. The molecule has 9 nitrogen and oxygen atoms in total. The predicted molar refractivity (Wildman–Crippen MR) is 137 cm³/mol. The van der Waals surface area contributed by atoms with Gasteiger partial charge in [-0.3, -0.25) is 14.4 Å². The molecule has 1 saturated carbocycles. The van der Waals surface area contributed by atoms with Gasteiger partial charge in [0.05, 0.1) is 25.7 Å². The molecule has 1 aromatic carbocycles. The first-order chi connectivity index (χ1) is 17.8. The topological polar surface area (TPSA) is 125 Å². The van der Waals surface area contributed by atoms with Gasteiger partial charge in [-0.1, -0.05) is 24.8 Å². The summed E-state index contributed by atoms with van der Waals surface area (Å²) >= 11 is 0. The summed E-state index contributed by atoms with van der Waals surface area (Å²) in [5.41, 5.74) is 2.08. The second kappa shape index (κ2) is 11.5. The minimum atomic E-state index is -1.13. The summed E-state index contributed by atoms with van der Waals surface area (Å²) in [7, 11) is 1.46. The normalized spacial score (nSPS) is 24.6. The van der Waals surface area contributed by atoms with Crippen molar-refractivity contribution in [3.8, 4) is 11.5 Å². The van der Waals surface area contributed by atoms with Crippen molar-refractivity contribution in [1.29, 1.82) is 0 Å². The number of hydrogen-bond donors (Lipinski definition) is 3. The van der Waals surface area contributed by atoms with Crippen LogP contribution in [0.15, 0.2) is 35.4 Å². The molecule has 4 unspecified atom stereocenters. The zero-order valence-electron chi connectivity index (χ0n) is 21.6. The van der Waals surface area contributed by atoms with E-state index in [9.17, 15) is 24.6 Å². The van der Waals surface area contributed by atoms with Crippen LogP contribution >= 0.6 is 0 Å². The Morgan fingerprint density at radius 1 is 1.22 bits per heavy atom. The lowest BCUT2D eigenvalue weighted by atomic mass is 9.76. The van der Waals surface area contributed by atoms with Crippen molar-refractivity contribution in [3.05, 3.63) is 46.6 Å². The Morgan fingerprint density at radius 3 is 2.57 bits per heavy atom. The quantitative estimate of drug-likeness (QED) is 0.360. The highest BCUT2D eigenvalue weighted by molar-refractivity contribution is 5.97. The van der Waals surface area contributed by atoms with Gasteiger partial charge in [0.2, 0.25) is 11.8 Å². The summed E-state index contributed by atoms with van der Waals surface area (Å²) in [6, 6.07) is 2.32. The van der Waals surface area contributed by atoms with Gasteiger partial charge < -0.3 is 29.9 Å². The Labute approximate surface area is 217 Å². The summed E-state index contributed by atoms with van der Waals surface area (Å²) in [6.45, 7) is 3.51. The van der Waals surface area contributed by atoms with Gasteiger partial charge >= 0.3 is 0 Å². The van der Waals surface area contributed by atoms with Crippen LogP contribution in [0.1, 0.15) is 67.8 Å². The number of carbonyl (C=O) groups excluding carboxylic acids is 3. The molecule has 1 fully saturated rings. The van der Waals surface area contributed by atoms with Gasteiger partial charge in [0.15, 0.2) is 11.5 Å². The van der Waals surface area contributed by atoms with Crippen molar-refractivity contribution in [2.45, 2.75) is 76.2 Å². The maximum Gasteiger partial charge on any atom is 0.247 e. The highest BCUT2D eigenvalue weighted by Crippen LogP contribution is 2.51. The molecule has 1 heterocycles. The minimum absolute atomic E-state index is 0.0508. The van der Waals surface area contributed by atoms with Crippen LogP contribution in [0.2, 0.25) is 0 Å². The Hall–Kier alpha value is -3.17. The molecule has 9 heteroatoms. The number of carbonyl (C=O) groups is 3. The molecule has 4 atom stereocenters. The van der Waals surface area contributed by atoms with E-state index in [0.717, 1.165) is 37.7 Å². The maximum atomic E-state index is 13.5. The number of methoxy groups -OCH3 is 1. The fourth-order valence-corrected chi connectivity index (χ4v) is 5.78. The van der Waals surface area contributed by atoms with Gasteiger partial charge in [0, 0.05) is 35.4 Å². The lowest BCUT2D eigenvalue weighted by Gasteiger charge is -2.44. The molecule has 2 amide bonds. The summed E-state index contributed by atoms with van der Waals surface area (Å²) < 4.78 is 11.7. The first-order valence-corrected chi connectivity index (χ1v) is 12.9. The summed E-state index contributed by atoms with van der Waals surface area (Å²) in [4.78, 5) is 40.2. The van der Waals surface area contributed by atoms with E-state index in [2.05, 4.69) is 5.32 Å². The van der Waals surface area contributed by atoms with Crippen LogP contribution in [-0.2, 0) is 9.59 Å². The number of rotatable bonds is 8. The molecule has 3 aliphatic rings. The number of aliphatic hydroxyl groups is 2. The van der Waals surface area contributed by atoms with E-state index in [-0.39, 0.29) is 25.1 Å². The number of nitrogens with zero attached hydrogens (tertiary/aromatic N) is 1. The average Bonchev–Trinajstić information content (AvgIpc) is 3.28. The van der Waals surface area contributed by atoms with E-state index < -0.39 is 30.1 Å². The van der Waals surface area contributed by atoms with Crippen LogP contribution in [0.3, 0.4) is 0 Å². The summed E-state index contributed by atoms with van der Waals surface area (Å²) in [5.74, 6) is -0.621. The van der Waals surface area contributed by atoms with Gasteiger partial charge in [-0.25, -0.2) is 0 Å². The van der Waals surface area contributed by atoms with E-state index in [1.807, 2.05) is 13.8 Å². The number of nitrogens with one attached hydrogen (secondary N) is 1. The van der Waals surface area contributed by atoms with Gasteiger partial charge in [-0.05, 0) is 44.9 Å². The van der Waals surface area contributed by atoms with Crippen molar-refractivity contribution in [2.24, 2.45) is 0 Å². The highest BCUT2D eigenvalue weighted by atomic mass is 16.5. The largest absolute Gasteiger partial charge is 0.493 e. The fraction of sp³-hybridized carbons (Fsp3) is 0.536. The van der Waals surface area contributed by atoms with Gasteiger partial charge in [-0.2, -0.15) is 0 Å². The summed E-state index contributed by atoms with van der Waals surface area (Å²) in [5, 5.41) is 23.7. The number of allylic oxidation sites excluding steroid dienone is 1. The standard InChI is InChI=1S/C28H36N2O7/c1-16(2)11-23(33)30(18-7-5-4-6-8-18)21-14-20(28(35)29-9-10-31)24-19-12-17(15-32)13-22(36-3)26(19)37-27(24)25(21)34/h11-15,18,21,24-25,27,31,34H,4-10H2,1-3H3,(H,29,35). The van der Waals surface area contributed by atoms with Gasteiger partial charge in [0.25, 0.3) is 0 Å². The van der Waals surface area contributed by atoms with Crippen molar-refractivity contribution in [1.82, 2.24) is 10.2 Å². The second-order valence-corrected chi connectivity index (χ2v) is 10.2. The van der Waals surface area contributed by atoms with Gasteiger partial charge in [-0.15, -0.1) is 0 Å². The fourth-order valence-electron chi connectivity index (χ4n) is 5.78. The Morgan fingerprint density at radius 2 is 1.95 bits per heavy atom. The third kappa shape index (κ3) is 5.29. The molecule has 200 valence electrons. The Bertz CT molecular complexity index is 1100. The zero-order valence-corrected chi connectivity index (χ0v) is 21.6. The molecular weight excluding hydrogens is 476 g/mol. The Kier molecular flexibility index (Phi) is 8.34. The predicted octanol–water partition coefficient (Wildman–Crippen LogP) is 2.26. The van der Waals surface area contributed by atoms with Crippen molar-refractivity contribution in [3.63, 3.8) is 0 Å². The number of aldehydes is 1. The zero-order chi connectivity index (χ0) is 26.7. The molecular formula is C28H36N2O7. The Balaban J connectivity index is 1.84. The smallest absolute Gasteiger partial charge is 0.247 e.